The van der Waals surface area contributed by atoms with Gasteiger partial charge in [-0.15, -0.1) is 12.6 Å². The molecule has 0 aromatic heterocycles. The molecule has 6 heteroatoms. The minimum Gasteiger partial charge on any atom is -0.394 e. The van der Waals surface area contributed by atoms with Crippen molar-refractivity contribution in [2.75, 3.05) is 19.8 Å². The number of unbranched alkanes of at least 4 members (excludes halogenated alkanes) is 2. The van der Waals surface area contributed by atoms with Gasteiger partial charge in [0.15, 0.2) is 0 Å². The third-order valence-corrected chi connectivity index (χ3v) is 3.85. The van der Waals surface area contributed by atoms with E-state index < -0.39 is 29.9 Å². The van der Waals surface area contributed by atoms with E-state index in [1.54, 1.807) is 0 Å². The van der Waals surface area contributed by atoms with E-state index in [4.69, 9.17) is 14.2 Å². The van der Waals surface area contributed by atoms with Crippen LogP contribution in [-0.2, 0) is 14.2 Å². The molecule has 1 fully saturated rings. The highest BCUT2D eigenvalue weighted by molar-refractivity contribution is 7.80. The Hall–Kier alpha value is 0.150. The Morgan fingerprint density at radius 3 is 2.10 bits per heavy atom. The Labute approximate surface area is 127 Å². The minimum atomic E-state index is -0.836. The van der Waals surface area contributed by atoms with Crippen molar-refractivity contribution < 1.29 is 24.4 Å². The summed E-state index contributed by atoms with van der Waals surface area (Å²) in [5.41, 5.74) is -0.551. The molecule has 20 heavy (non-hydrogen) atoms. The van der Waals surface area contributed by atoms with Crippen molar-refractivity contribution in [3.8, 4) is 0 Å². The monoisotopic (exact) mass is 308 g/mol. The Kier molecular flexibility index (Phi) is 9.08. The van der Waals surface area contributed by atoms with Gasteiger partial charge in [-0.3, -0.25) is 0 Å². The van der Waals surface area contributed by atoms with E-state index in [0.717, 1.165) is 25.7 Å². The van der Waals surface area contributed by atoms with E-state index in [9.17, 15) is 10.2 Å². The summed E-state index contributed by atoms with van der Waals surface area (Å²) >= 11 is 4.31. The fourth-order valence-electron chi connectivity index (χ4n) is 2.17. The Morgan fingerprint density at radius 1 is 1.05 bits per heavy atom. The van der Waals surface area contributed by atoms with Crippen molar-refractivity contribution in [3.05, 3.63) is 0 Å². The normalized spacial score (nSPS) is 34.4. The summed E-state index contributed by atoms with van der Waals surface area (Å²) in [5.74, 6) is 0. The summed E-state index contributed by atoms with van der Waals surface area (Å²) in [6.45, 7) is 5.04. The van der Waals surface area contributed by atoms with Crippen LogP contribution in [0.1, 0.15) is 39.5 Å². The average Bonchev–Trinajstić information content (AvgIpc) is 2.44. The zero-order chi connectivity index (χ0) is 15.0. The molecule has 0 spiro atoms. The molecule has 120 valence electrons. The highest BCUT2D eigenvalue weighted by Gasteiger charge is 2.45. The first-order valence-electron chi connectivity index (χ1n) is 7.51. The zero-order valence-electron chi connectivity index (χ0n) is 12.4. The topological polar surface area (TPSA) is 68.2 Å². The molecular formula is C14H28O5S. The number of aliphatic hydroxyl groups excluding tert-OH is 2. The first-order valence-corrected chi connectivity index (χ1v) is 8.02. The van der Waals surface area contributed by atoms with E-state index >= 15 is 0 Å². The fourth-order valence-corrected chi connectivity index (χ4v) is 2.59. The lowest BCUT2D eigenvalue weighted by Crippen LogP contribution is -2.59. The van der Waals surface area contributed by atoms with Crippen molar-refractivity contribution >= 4 is 12.6 Å². The van der Waals surface area contributed by atoms with E-state index in [1.807, 2.05) is 0 Å². The van der Waals surface area contributed by atoms with Gasteiger partial charge in [-0.25, -0.2) is 0 Å². The predicted molar refractivity (Wildman–Crippen MR) is 80.0 cm³/mol. The van der Waals surface area contributed by atoms with Gasteiger partial charge in [0, 0.05) is 13.2 Å². The maximum atomic E-state index is 10.4. The standard InChI is InChI=1S/C14H28O5S/c1-3-5-7-17-12-10(9-15)19-14(20)13(11(12)16)18-8-6-4-2/h10-16,20H,3-9H2,1-2H3/t10?,11?,12-,13-,14-/m1/s1. The van der Waals surface area contributed by atoms with Gasteiger partial charge in [0.25, 0.3) is 0 Å². The van der Waals surface area contributed by atoms with Gasteiger partial charge in [0.2, 0.25) is 0 Å². The van der Waals surface area contributed by atoms with Gasteiger partial charge in [0.1, 0.15) is 29.9 Å². The lowest BCUT2D eigenvalue weighted by molar-refractivity contribution is -0.231. The van der Waals surface area contributed by atoms with Crippen LogP contribution in [0.3, 0.4) is 0 Å². The summed E-state index contributed by atoms with van der Waals surface area (Å²) in [4.78, 5) is 0. The third kappa shape index (κ3) is 5.16. The van der Waals surface area contributed by atoms with Crippen LogP contribution in [0.5, 0.6) is 0 Å². The maximum Gasteiger partial charge on any atom is 0.129 e. The quantitative estimate of drug-likeness (QED) is 0.443. The molecular weight excluding hydrogens is 280 g/mol. The van der Waals surface area contributed by atoms with Gasteiger partial charge in [0.05, 0.1) is 6.61 Å². The van der Waals surface area contributed by atoms with E-state index in [1.165, 1.54) is 0 Å². The fraction of sp³-hybridized carbons (Fsp3) is 1.00. The Bertz CT molecular complexity index is 254. The van der Waals surface area contributed by atoms with Crippen molar-refractivity contribution in [2.45, 2.75) is 69.4 Å². The van der Waals surface area contributed by atoms with E-state index in [-0.39, 0.29) is 6.61 Å². The molecule has 1 aliphatic rings. The molecule has 2 unspecified atom stereocenters. The second-order valence-electron chi connectivity index (χ2n) is 5.12. The van der Waals surface area contributed by atoms with Crippen molar-refractivity contribution in [1.29, 1.82) is 0 Å². The average molecular weight is 308 g/mol. The smallest absolute Gasteiger partial charge is 0.129 e. The first kappa shape index (κ1) is 18.2. The molecule has 0 amide bonds. The molecule has 1 aliphatic heterocycles. The number of hydrogen-bond acceptors (Lipinski definition) is 6. The van der Waals surface area contributed by atoms with Gasteiger partial charge in [-0.2, -0.15) is 0 Å². The Balaban J connectivity index is 2.58. The van der Waals surface area contributed by atoms with E-state index in [0.29, 0.717) is 13.2 Å². The molecule has 0 aliphatic carbocycles. The van der Waals surface area contributed by atoms with Gasteiger partial charge in [-0.1, -0.05) is 26.7 Å². The van der Waals surface area contributed by atoms with Gasteiger partial charge >= 0.3 is 0 Å². The summed E-state index contributed by atoms with van der Waals surface area (Å²) in [5, 5.41) is 19.8. The number of aliphatic hydroxyl groups is 2. The summed E-state index contributed by atoms with van der Waals surface area (Å²) < 4.78 is 16.9. The highest BCUT2D eigenvalue weighted by Crippen LogP contribution is 2.27. The maximum absolute atomic E-state index is 10.4. The molecule has 5 nitrogen and oxygen atoms in total. The molecule has 1 rings (SSSR count). The molecule has 0 radical (unpaired) electrons. The molecule has 1 heterocycles. The molecule has 0 bridgehead atoms. The van der Waals surface area contributed by atoms with Crippen LogP contribution in [-0.4, -0.2) is 59.9 Å². The Morgan fingerprint density at radius 2 is 1.60 bits per heavy atom. The van der Waals surface area contributed by atoms with Crippen LogP contribution in [0.15, 0.2) is 0 Å². The lowest BCUT2D eigenvalue weighted by atomic mass is 9.99. The SMILES string of the molecule is CCCCO[C@@H]1C(CO)O[C@H](S)[C@H](OCCCC)C1O. The second kappa shape index (κ2) is 9.97. The molecule has 5 atom stereocenters. The number of ether oxygens (including phenoxy) is 3. The van der Waals surface area contributed by atoms with Crippen molar-refractivity contribution in [1.82, 2.24) is 0 Å². The largest absolute Gasteiger partial charge is 0.394 e. The van der Waals surface area contributed by atoms with Crippen LogP contribution in [0.2, 0.25) is 0 Å². The summed E-state index contributed by atoms with van der Waals surface area (Å²) in [7, 11) is 0. The summed E-state index contributed by atoms with van der Waals surface area (Å²) in [6, 6.07) is 0. The van der Waals surface area contributed by atoms with Crippen LogP contribution in [0.4, 0.5) is 0 Å². The van der Waals surface area contributed by atoms with Crippen molar-refractivity contribution in [3.63, 3.8) is 0 Å². The molecule has 1 saturated heterocycles. The van der Waals surface area contributed by atoms with Gasteiger partial charge < -0.3 is 24.4 Å². The van der Waals surface area contributed by atoms with Crippen LogP contribution >= 0.6 is 12.6 Å². The van der Waals surface area contributed by atoms with Gasteiger partial charge in [-0.05, 0) is 12.8 Å². The van der Waals surface area contributed by atoms with E-state index in [2.05, 4.69) is 26.5 Å². The minimum absolute atomic E-state index is 0.202. The van der Waals surface area contributed by atoms with Crippen LogP contribution < -0.4 is 0 Å². The lowest BCUT2D eigenvalue weighted by Gasteiger charge is -2.42. The number of rotatable bonds is 9. The zero-order valence-corrected chi connectivity index (χ0v) is 13.3. The predicted octanol–water partition coefficient (Wildman–Crippen LogP) is 1.36. The third-order valence-electron chi connectivity index (χ3n) is 3.43. The van der Waals surface area contributed by atoms with Crippen LogP contribution in [0.25, 0.3) is 0 Å². The number of thiol groups is 1. The molecule has 0 aromatic rings. The molecule has 0 aromatic carbocycles. The first-order chi connectivity index (χ1) is 9.65. The second-order valence-corrected chi connectivity index (χ2v) is 5.63. The number of hydrogen-bond donors (Lipinski definition) is 3. The molecule has 2 N–H and O–H groups in total. The van der Waals surface area contributed by atoms with Crippen LogP contribution in [0, 0.1) is 0 Å². The molecule has 0 saturated carbocycles. The van der Waals surface area contributed by atoms with Crippen molar-refractivity contribution in [2.24, 2.45) is 0 Å². The highest BCUT2D eigenvalue weighted by atomic mass is 32.1. The summed E-state index contributed by atoms with van der Waals surface area (Å²) in [6.07, 6.45) is 1.38.